The zero-order chi connectivity index (χ0) is 11.5. The SMILES string of the molecule is CC(N[C@H](C)c1cccs1)c1ccnn1C. The van der Waals surface area contributed by atoms with E-state index in [0.717, 1.165) is 0 Å². The van der Waals surface area contributed by atoms with Crippen molar-refractivity contribution in [1.29, 1.82) is 0 Å². The maximum atomic E-state index is 4.19. The fourth-order valence-corrected chi connectivity index (χ4v) is 2.63. The molecular weight excluding hydrogens is 218 g/mol. The van der Waals surface area contributed by atoms with Crippen molar-refractivity contribution in [2.45, 2.75) is 25.9 Å². The number of aryl methyl sites for hydroxylation is 1. The molecule has 2 heterocycles. The lowest BCUT2D eigenvalue weighted by molar-refractivity contribution is 0.473. The lowest BCUT2D eigenvalue weighted by Gasteiger charge is -2.19. The van der Waals surface area contributed by atoms with Gasteiger partial charge in [0.05, 0.1) is 5.69 Å². The molecule has 0 spiro atoms. The minimum absolute atomic E-state index is 0.310. The Morgan fingerprint density at radius 2 is 2.12 bits per heavy atom. The summed E-state index contributed by atoms with van der Waals surface area (Å²) in [5, 5.41) is 9.88. The van der Waals surface area contributed by atoms with E-state index in [-0.39, 0.29) is 0 Å². The molecule has 0 fully saturated rings. The first-order valence-electron chi connectivity index (χ1n) is 5.46. The number of hydrogen-bond donors (Lipinski definition) is 1. The van der Waals surface area contributed by atoms with Gasteiger partial charge in [0.1, 0.15) is 0 Å². The summed E-state index contributed by atoms with van der Waals surface area (Å²) in [6.45, 7) is 4.36. The van der Waals surface area contributed by atoms with Crippen LogP contribution < -0.4 is 5.32 Å². The van der Waals surface area contributed by atoms with Gasteiger partial charge in [0, 0.05) is 30.2 Å². The van der Waals surface area contributed by atoms with Crippen LogP contribution in [0.15, 0.2) is 29.8 Å². The molecule has 86 valence electrons. The first-order chi connectivity index (χ1) is 7.68. The van der Waals surface area contributed by atoms with Gasteiger partial charge in [0.15, 0.2) is 0 Å². The quantitative estimate of drug-likeness (QED) is 0.883. The van der Waals surface area contributed by atoms with Gasteiger partial charge in [-0.1, -0.05) is 6.07 Å². The smallest absolute Gasteiger partial charge is 0.0547 e. The summed E-state index contributed by atoms with van der Waals surface area (Å²) in [5.74, 6) is 0. The van der Waals surface area contributed by atoms with E-state index in [1.165, 1.54) is 10.6 Å². The van der Waals surface area contributed by atoms with E-state index in [1.807, 2.05) is 17.9 Å². The van der Waals surface area contributed by atoms with Crippen molar-refractivity contribution in [1.82, 2.24) is 15.1 Å². The van der Waals surface area contributed by atoms with Crippen LogP contribution in [-0.2, 0) is 7.05 Å². The van der Waals surface area contributed by atoms with Crippen molar-refractivity contribution in [2.24, 2.45) is 7.05 Å². The van der Waals surface area contributed by atoms with Crippen LogP contribution in [0.2, 0.25) is 0 Å². The molecule has 0 saturated heterocycles. The van der Waals surface area contributed by atoms with Crippen LogP contribution in [0.3, 0.4) is 0 Å². The van der Waals surface area contributed by atoms with Crippen LogP contribution in [0.4, 0.5) is 0 Å². The summed E-state index contributed by atoms with van der Waals surface area (Å²) in [6.07, 6.45) is 1.84. The van der Waals surface area contributed by atoms with Crippen molar-refractivity contribution >= 4 is 11.3 Å². The van der Waals surface area contributed by atoms with Crippen LogP contribution in [0.5, 0.6) is 0 Å². The predicted molar refractivity (Wildman–Crippen MR) is 67.5 cm³/mol. The minimum Gasteiger partial charge on any atom is -0.301 e. The molecule has 2 atom stereocenters. The highest BCUT2D eigenvalue weighted by Gasteiger charge is 2.13. The third-order valence-electron chi connectivity index (χ3n) is 2.77. The zero-order valence-corrected chi connectivity index (χ0v) is 10.7. The van der Waals surface area contributed by atoms with Crippen molar-refractivity contribution in [3.05, 3.63) is 40.3 Å². The number of thiophene rings is 1. The molecule has 16 heavy (non-hydrogen) atoms. The number of rotatable bonds is 4. The number of hydrogen-bond acceptors (Lipinski definition) is 3. The van der Waals surface area contributed by atoms with Gasteiger partial charge < -0.3 is 5.32 Å². The largest absolute Gasteiger partial charge is 0.301 e. The summed E-state index contributed by atoms with van der Waals surface area (Å²) in [7, 11) is 1.98. The molecule has 2 aromatic heterocycles. The minimum atomic E-state index is 0.310. The van der Waals surface area contributed by atoms with Crippen LogP contribution in [0.25, 0.3) is 0 Å². The van der Waals surface area contributed by atoms with Gasteiger partial charge in [0.2, 0.25) is 0 Å². The third kappa shape index (κ3) is 2.33. The summed E-state index contributed by atoms with van der Waals surface area (Å²) >= 11 is 1.79. The lowest BCUT2D eigenvalue weighted by atomic mass is 10.2. The molecule has 1 N–H and O–H groups in total. The highest BCUT2D eigenvalue weighted by Crippen LogP contribution is 2.22. The molecule has 0 aliphatic carbocycles. The first kappa shape index (κ1) is 11.4. The molecule has 0 aliphatic heterocycles. The molecule has 3 nitrogen and oxygen atoms in total. The highest BCUT2D eigenvalue weighted by molar-refractivity contribution is 7.10. The Bertz CT molecular complexity index is 433. The maximum Gasteiger partial charge on any atom is 0.0547 e. The Hall–Kier alpha value is -1.13. The summed E-state index contributed by atoms with van der Waals surface area (Å²) in [4.78, 5) is 1.37. The van der Waals surface area contributed by atoms with Crippen molar-refractivity contribution < 1.29 is 0 Å². The number of aromatic nitrogens is 2. The van der Waals surface area contributed by atoms with Gasteiger partial charge in [-0.3, -0.25) is 4.68 Å². The monoisotopic (exact) mass is 235 g/mol. The molecule has 4 heteroatoms. The molecule has 0 bridgehead atoms. The summed E-state index contributed by atoms with van der Waals surface area (Å²) < 4.78 is 1.92. The molecular formula is C12H17N3S. The second-order valence-electron chi connectivity index (χ2n) is 4.01. The Labute approximate surface area is 100 Å². The molecule has 0 aliphatic rings. The lowest BCUT2D eigenvalue weighted by Crippen LogP contribution is -2.23. The van der Waals surface area contributed by atoms with Crippen LogP contribution in [0.1, 0.15) is 36.5 Å². The maximum absolute atomic E-state index is 4.19. The van der Waals surface area contributed by atoms with Crippen LogP contribution >= 0.6 is 11.3 Å². The van der Waals surface area contributed by atoms with Crippen molar-refractivity contribution in [3.8, 4) is 0 Å². The van der Waals surface area contributed by atoms with Gasteiger partial charge in [-0.2, -0.15) is 5.10 Å². The van der Waals surface area contributed by atoms with Gasteiger partial charge in [-0.25, -0.2) is 0 Å². The third-order valence-corrected chi connectivity index (χ3v) is 3.83. The molecule has 0 aromatic carbocycles. The second-order valence-corrected chi connectivity index (χ2v) is 4.98. The van der Waals surface area contributed by atoms with E-state index in [4.69, 9.17) is 0 Å². The molecule has 2 rings (SSSR count). The second kappa shape index (κ2) is 4.80. The molecule has 1 unspecified atom stereocenters. The Morgan fingerprint density at radius 1 is 1.31 bits per heavy atom. The standard InChI is InChI=1S/C12H17N3S/c1-9(11-6-7-13-15(11)3)14-10(2)12-5-4-8-16-12/h4-10,14H,1-3H3/t9?,10-/m1/s1. The molecule has 0 amide bonds. The van der Waals surface area contributed by atoms with Gasteiger partial charge in [-0.15, -0.1) is 11.3 Å². The summed E-state index contributed by atoms with van der Waals surface area (Å²) in [5.41, 5.74) is 1.21. The first-order valence-corrected chi connectivity index (χ1v) is 6.34. The van der Waals surface area contributed by atoms with E-state index in [2.05, 4.69) is 47.8 Å². The normalized spacial score (nSPS) is 14.9. The number of nitrogens with one attached hydrogen (secondary N) is 1. The van der Waals surface area contributed by atoms with Gasteiger partial charge in [-0.05, 0) is 31.4 Å². The Kier molecular flexibility index (Phi) is 3.41. The Balaban J connectivity index is 2.03. The predicted octanol–water partition coefficient (Wildman–Crippen LogP) is 2.89. The van der Waals surface area contributed by atoms with Gasteiger partial charge in [0.25, 0.3) is 0 Å². The van der Waals surface area contributed by atoms with E-state index in [0.29, 0.717) is 12.1 Å². The van der Waals surface area contributed by atoms with E-state index < -0.39 is 0 Å². The van der Waals surface area contributed by atoms with Crippen molar-refractivity contribution in [3.63, 3.8) is 0 Å². The summed E-state index contributed by atoms with van der Waals surface area (Å²) in [6, 6.07) is 7.00. The number of nitrogens with zero attached hydrogens (tertiary/aromatic N) is 2. The zero-order valence-electron chi connectivity index (χ0n) is 9.84. The average Bonchev–Trinajstić information content (AvgIpc) is 2.86. The Morgan fingerprint density at radius 3 is 2.69 bits per heavy atom. The van der Waals surface area contributed by atoms with Crippen LogP contribution in [-0.4, -0.2) is 9.78 Å². The van der Waals surface area contributed by atoms with Crippen LogP contribution in [0, 0.1) is 0 Å². The highest BCUT2D eigenvalue weighted by atomic mass is 32.1. The van der Waals surface area contributed by atoms with E-state index in [9.17, 15) is 0 Å². The molecule has 2 aromatic rings. The average molecular weight is 235 g/mol. The van der Waals surface area contributed by atoms with Crippen molar-refractivity contribution in [2.75, 3.05) is 0 Å². The van der Waals surface area contributed by atoms with E-state index >= 15 is 0 Å². The molecule has 0 radical (unpaired) electrons. The fourth-order valence-electron chi connectivity index (χ4n) is 1.89. The van der Waals surface area contributed by atoms with E-state index in [1.54, 1.807) is 11.3 Å². The molecule has 0 saturated carbocycles. The fraction of sp³-hybridized carbons (Fsp3) is 0.417. The topological polar surface area (TPSA) is 29.9 Å². The van der Waals surface area contributed by atoms with Gasteiger partial charge >= 0.3 is 0 Å².